The summed E-state index contributed by atoms with van der Waals surface area (Å²) >= 11 is 1.89. The van der Waals surface area contributed by atoms with Gasteiger partial charge in [-0.3, -0.25) is 0 Å². The average molecular weight is 244 g/mol. The summed E-state index contributed by atoms with van der Waals surface area (Å²) in [5.74, 6) is 2.15. The van der Waals surface area contributed by atoms with Crippen molar-refractivity contribution in [1.82, 2.24) is 10.6 Å². The van der Waals surface area contributed by atoms with Crippen LogP contribution in [0.5, 0.6) is 0 Å². The summed E-state index contributed by atoms with van der Waals surface area (Å²) in [4.78, 5) is 20.3. The molecule has 2 rings (SSSR count). The van der Waals surface area contributed by atoms with Crippen molar-refractivity contribution in [2.45, 2.75) is 44.7 Å². The molecule has 2 N–H and O–H groups in total. The number of urea groups is 1. The number of hydrogen-bond donors (Lipinski definition) is 2. The van der Waals surface area contributed by atoms with Crippen LogP contribution in [0.2, 0.25) is 0 Å². The molecular formula is C11H20N2O2S. The lowest BCUT2D eigenvalue weighted by Crippen LogP contribution is -2.31. The average Bonchev–Trinajstić information content (AvgIpc) is 2.79. The van der Waals surface area contributed by atoms with E-state index in [9.17, 15) is 9.59 Å². The highest BCUT2D eigenvalue weighted by Crippen LogP contribution is 2.20. The van der Waals surface area contributed by atoms with Crippen molar-refractivity contribution in [2.24, 2.45) is 0 Å². The van der Waals surface area contributed by atoms with Gasteiger partial charge in [0.25, 0.3) is 0 Å². The van der Waals surface area contributed by atoms with Crippen molar-refractivity contribution in [3.63, 3.8) is 0 Å². The Morgan fingerprint density at radius 3 is 2.44 bits per heavy atom. The van der Waals surface area contributed by atoms with Gasteiger partial charge in [0.05, 0.1) is 12.1 Å². The summed E-state index contributed by atoms with van der Waals surface area (Å²) in [6.07, 6.45) is 5.19. The zero-order valence-electron chi connectivity index (χ0n) is 9.70. The topological polar surface area (TPSA) is 58.2 Å². The monoisotopic (exact) mass is 244 g/mol. The molecule has 16 heavy (non-hydrogen) atoms. The minimum atomic E-state index is 0.00491. The maximum absolute atomic E-state index is 10.6. The molecule has 2 heterocycles. The van der Waals surface area contributed by atoms with Gasteiger partial charge in [-0.2, -0.15) is 11.8 Å². The Morgan fingerprint density at radius 1 is 1.31 bits per heavy atom. The number of unbranched alkanes of at least 4 members (excludes halogenated alkanes) is 3. The molecule has 2 atom stereocenters. The van der Waals surface area contributed by atoms with Crippen molar-refractivity contribution in [2.75, 3.05) is 11.5 Å². The number of thioether (sulfide) groups is 1. The molecule has 5 heteroatoms. The third-order valence-electron chi connectivity index (χ3n) is 2.64. The predicted molar refractivity (Wildman–Crippen MR) is 66.8 cm³/mol. The lowest BCUT2D eigenvalue weighted by atomic mass is 10.2. The van der Waals surface area contributed by atoms with Gasteiger partial charge in [0.15, 0.2) is 0 Å². The molecule has 4 nitrogen and oxygen atoms in total. The molecule has 0 radical (unpaired) electrons. The molecular weight excluding hydrogens is 224 g/mol. The van der Waals surface area contributed by atoms with Crippen LogP contribution in [0.3, 0.4) is 0 Å². The molecule has 0 bridgehead atoms. The maximum atomic E-state index is 10.6. The normalized spacial score (nSPS) is 26.2. The number of carbonyl (C=O) groups excluding carboxylic acids is 2. The number of hydrogen-bond acceptors (Lipinski definition) is 3. The highest BCUT2D eigenvalue weighted by Gasteiger charge is 2.35. The Labute approximate surface area is 101 Å². The number of carbonyl (C=O) groups is 2. The van der Waals surface area contributed by atoms with Gasteiger partial charge in [-0.05, 0) is 6.42 Å². The van der Waals surface area contributed by atoms with Gasteiger partial charge in [0.2, 0.25) is 0 Å². The first kappa shape index (κ1) is 13.4. The van der Waals surface area contributed by atoms with Crippen LogP contribution in [-0.2, 0) is 4.79 Å². The first-order chi connectivity index (χ1) is 7.77. The van der Waals surface area contributed by atoms with E-state index in [1.54, 1.807) is 0 Å². The third-order valence-corrected chi connectivity index (χ3v) is 3.83. The standard InChI is InChI=1S/C6H12O.C5H8N2OS/c1-2-3-4-5-6-7;8-5-6-3-1-9-2-4(3)7-5/h6H,2-5H2,1H3;3-4H,1-2H2,(H2,6,7,8). The van der Waals surface area contributed by atoms with Crippen LogP contribution < -0.4 is 10.6 Å². The fourth-order valence-electron chi connectivity index (χ4n) is 1.69. The van der Waals surface area contributed by atoms with E-state index in [1.807, 2.05) is 11.8 Å². The molecule has 2 fully saturated rings. The van der Waals surface area contributed by atoms with Crippen LogP contribution in [0.4, 0.5) is 4.79 Å². The van der Waals surface area contributed by atoms with Gasteiger partial charge in [0.1, 0.15) is 6.29 Å². The van der Waals surface area contributed by atoms with Gasteiger partial charge in [0, 0.05) is 17.9 Å². The number of aldehydes is 1. The summed E-state index contributed by atoms with van der Waals surface area (Å²) in [7, 11) is 0. The minimum Gasteiger partial charge on any atom is -0.332 e. The fourth-order valence-corrected chi connectivity index (χ4v) is 2.97. The fraction of sp³-hybridized carbons (Fsp3) is 0.818. The molecule has 0 aromatic heterocycles. The van der Waals surface area contributed by atoms with E-state index in [2.05, 4.69) is 17.6 Å². The quantitative estimate of drug-likeness (QED) is 0.448. The molecule has 2 aliphatic rings. The van der Waals surface area contributed by atoms with E-state index in [0.717, 1.165) is 30.6 Å². The maximum Gasteiger partial charge on any atom is 0.315 e. The second-order valence-electron chi connectivity index (χ2n) is 4.03. The van der Waals surface area contributed by atoms with E-state index < -0.39 is 0 Å². The van der Waals surface area contributed by atoms with Crippen LogP contribution in [0.1, 0.15) is 32.6 Å². The van der Waals surface area contributed by atoms with E-state index in [-0.39, 0.29) is 6.03 Å². The molecule has 2 unspecified atom stereocenters. The number of nitrogens with one attached hydrogen (secondary N) is 2. The molecule has 2 amide bonds. The number of amides is 2. The summed E-state index contributed by atoms with van der Waals surface area (Å²) in [5, 5.41) is 5.69. The highest BCUT2D eigenvalue weighted by atomic mass is 32.2. The zero-order chi connectivity index (χ0) is 11.8. The van der Waals surface area contributed by atoms with Crippen LogP contribution in [0, 0.1) is 0 Å². The first-order valence-corrected chi connectivity index (χ1v) is 7.01. The zero-order valence-corrected chi connectivity index (χ0v) is 10.5. The summed E-state index contributed by atoms with van der Waals surface area (Å²) in [6.45, 7) is 2.13. The van der Waals surface area contributed by atoms with Gasteiger partial charge in [-0.25, -0.2) is 4.79 Å². The van der Waals surface area contributed by atoms with Crippen molar-refractivity contribution in [3.8, 4) is 0 Å². The van der Waals surface area contributed by atoms with E-state index in [4.69, 9.17) is 0 Å². The number of rotatable bonds is 4. The Hall–Kier alpha value is -0.710. The summed E-state index contributed by atoms with van der Waals surface area (Å²) in [6, 6.07) is 0.815. The van der Waals surface area contributed by atoms with Crippen LogP contribution in [-0.4, -0.2) is 35.9 Å². The molecule has 0 saturated carbocycles. The van der Waals surface area contributed by atoms with Crippen molar-refractivity contribution < 1.29 is 9.59 Å². The second kappa shape index (κ2) is 7.54. The molecule has 0 aliphatic carbocycles. The molecule has 0 aromatic rings. The molecule has 0 spiro atoms. The van der Waals surface area contributed by atoms with Crippen LogP contribution >= 0.6 is 11.8 Å². The highest BCUT2D eigenvalue weighted by molar-refractivity contribution is 7.99. The Morgan fingerprint density at radius 2 is 1.94 bits per heavy atom. The van der Waals surface area contributed by atoms with E-state index in [0.29, 0.717) is 12.1 Å². The van der Waals surface area contributed by atoms with Crippen molar-refractivity contribution in [1.29, 1.82) is 0 Å². The van der Waals surface area contributed by atoms with Gasteiger partial charge >= 0.3 is 6.03 Å². The molecule has 0 aromatic carbocycles. The third kappa shape index (κ3) is 4.43. The predicted octanol–water partition coefficient (Wildman–Crippen LogP) is 1.55. The smallest absolute Gasteiger partial charge is 0.315 e. The van der Waals surface area contributed by atoms with Gasteiger partial charge < -0.3 is 15.4 Å². The second-order valence-corrected chi connectivity index (χ2v) is 5.11. The Bertz CT molecular complexity index is 222. The molecule has 2 aliphatic heterocycles. The minimum absolute atomic E-state index is 0.00491. The van der Waals surface area contributed by atoms with E-state index >= 15 is 0 Å². The van der Waals surface area contributed by atoms with Crippen molar-refractivity contribution in [3.05, 3.63) is 0 Å². The van der Waals surface area contributed by atoms with Crippen LogP contribution in [0.25, 0.3) is 0 Å². The Kier molecular flexibility index (Phi) is 6.30. The lowest BCUT2D eigenvalue weighted by molar-refractivity contribution is -0.107. The van der Waals surface area contributed by atoms with Crippen molar-refractivity contribution >= 4 is 24.1 Å². The molecule has 2 saturated heterocycles. The Balaban J connectivity index is 0.000000168. The summed E-state index contributed by atoms with van der Waals surface area (Å²) < 4.78 is 0. The lowest BCUT2D eigenvalue weighted by Gasteiger charge is -2.02. The SMILES string of the molecule is CCCCCC=O.O=C1NC2CSCC2N1. The summed E-state index contributed by atoms with van der Waals surface area (Å²) in [5.41, 5.74) is 0. The van der Waals surface area contributed by atoms with Gasteiger partial charge in [-0.15, -0.1) is 0 Å². The largest absolute Gasteiger partial charge is 0.332 e. The molecule has 92 valence electrons. The number of fused-ring (bicyclic) bond motifs is 1. The van der Waals surface area contributed by atoms with Gasteiger partial charge in [-0.1, -0.05) is 19.8 Å². The first-order valence-electron chi connectivity index (χ1n) is 5.86. The van der Waals surface area contributed by atoms with Crippen LogP contribution in [0.15, 0.2) is 0 Å². The van der Waals surface area contributed by atoms with E-state index in [1.165, 1.54) is 12.8 Å².